The van der Waals surface area contributed by atoms with Gasteiger partial charge in [-0.15, -0.1) is 0 Å². The van der Waals surface area contributed by atoms with Crippen molar-refractivity contribution in [2.24, 2.45) is 0 Å². The molecule has 1 heterocycles. The number of rotatable bonds is 6. The molecule has 0 amide bonds. The SMILES string of the molecule is CCCc1cc(N)c2c(OCC)ccc(OCC)c2n1. The van der Waals surface area contributed by atoms with E-state index in [4.69, 9.17) is 20.2 Å². The maximum Gasteiger partial charge on any atom is 0.145 e. The molecule has 108 valence electrons. The number of benzene rings is 1. The number of ether oxygens (including phenoxy) is 2. The Labute approximate surface area is 119 Å². The molecule has 0 aliphatic carbocycles. The second kappa shape index (κ2) is 6.46. The highest BCUT2D eigenvalue weighted by Crippen LogP contribution is 2.36. The van der Waals surface area contributed by atoms with Crippen molar-refractivity contribution in [1.29, 1.82) is 0 Å². The van der Waals surface area contributed by atoms with Crippen molar-refractivity contribution in [1.82, 2.24) is 4.98 Å². The van der Waals surface area contributed by atoms with Gasteiger partial charge in [-0.25, -0.2) is 4.98 Å². The lowest BCUT2D eigenvalue weighted by molar-refractivity contribution is 0.336. The third-order valence-electron chi connectivity index (χ3n) is 3.07. The van der Waals surface area contributed by atoms with Crippen molar-refractivity contribution in [3.63, 3.8) is 0 Å². The number of nitrogens with two attached hydrogens (primary N) is 1. The Balaban J connectivity index is 2.67. The summed E-state index contributed by atoms with van der Waals surface area (Å²) >= 11 is 0. The Morgan fingerprint density at radius 3 is 2.35 bits per heavy atom. The van der Waals surface area contributed by atoms with Crippen molar-refractivity contribution in [2.75, 3.05) is 18.9 Å². The maximum absolute atomic E-state index is 6.21. The van der Waals surface area contributed by atoms with Gasteiger partial charge in [0, 0.05) is 11.4 Å². The summed E-state index contributed by atoms with van der Waals surface area (Å²) in [6.45, 7) is 7.24. The molecule has 1 aromatic heterocycles. The van der Waals surface area contributed by atoms with Crippen LogP contribution in [0.3, 0.4) is 0 Å². The molecule has 0 aliphatic rings. The van der Waals surface area contributed by atoms with E-state index >= 15 is 0 Å². The number of aryl methyl sites for hydroxylation is 1. The summed E-state index contributed by atoms with van der Waals surface area (Å²) < 4.78 is 11.3. The van der Waals surface area contributed by atoms with Gasteiger partial charge in [0.25, 0.3) is 0 Å². The van der Waals surface area contributed by atoms with Crippen molar-refractivity contribution in [3.05, 3.63) is 23.9 Å². The fraction of sp³-hybridized carbons (Fsp3) is 0.438. The van der Waals surface area contributed by atoms with Crippen LogP contribution in [0.1, 0.15) is 32.9 Å². The van der Waals surface area contributed by atoms with Gasteiger partial charge in [0.05, 0.1) is 18.6 Å². The molecule has 0 saturated heterocycles. The molecule has 20 heavy (non-hydrogen) atoms. The first kappa shape index (κ1) is 14.4. The first-order valence-corrected chi connectivity index (χ1v) is 7.18. The molecule has 4 nitrogen and oxygen atoms in total. The number of pyridine rings is 1. The highest BCUT2D eigenvalue weighted by molar-refractivity contribution is 5.99. The first-order chi connectivity index (χ1) is 9.71. The molecule has 1 aromatic carbocycles. The van der Waals surface area contributed by atoms with Crippen molar-refractivity contribution in [3.8, 4) is 11.5 Å². The minimum atomic E-state index is 0.596. The van der Waals surface area contributed by atoms with E-state index in [1.165, 1.54) is 0 Å². The Hall–Kier alpha value is -1.97. The second-order valence-corrected chi connectivity index (χ2v) is 4.60. The van der Waals surface area contributed by atoms with Crippen LogP contribution in [0.15, 0.2) is 18.2 Å². The van der Waals surface area contributed by atoms with E-state index in [0.29, 0.717) is 18.9 Å². The molecule has 2 rings (SSSR count). The van der Waals surface area contributed by atoms with Crippen LogP contribution in [0.2, 0.25) is 0 Å². The van der Waals surface area contributed by atoms with E-state index in [9.17, 15) is 0 Å². The van der Waals surface area contributed by atoms with E-state index in [1.54, 1.807) is 0 Å². The van der Waals surface area contributed by atoms with Gasteiger partial charge in [-0.2, -0.15) is 0 Å². The molecule has 0 saturated carbocycles. The standard InChI is InChI=1S/C16H22N2O2/c1-4-7-11-10-12(17)15-13(19-5-2)8-9-14(20-6-3)16(15)18-11/h8-10H,4-7H2,1-3H3,(H2,17,18). The number of hydrogen-bond acceptors (Lipinski definition) is 4. The predicted octanol–water partition coefficient (Wildman–Crippen LogP) is 3.57. The zero-order valence-corrected chi connectivity index (χ0v) is 12.4. The van der Waals surface area contributed by atoms with Gasteiger partial charge in [-0.1, -0.05) is 13.3 Å². The lowest BCUT2D eigenvalue weighted by atomic mass is 10.1. The number of aromatic nitrogens is 1. The summed E-state index contributed by atoms with van der Waals surface area (Å²) in [6, 6.07) is 5.73. The molecule has 0 unspecified atom stereocenters. The monoisotopic (exact) mass is 274 g/mol. The number of hydrogen-bond donors (Lipinski definition) is 1. The van der Waals surface area contributed by atoms with Crippen LogP contribution in [0.5, 0.6) is 11.5 Å². The topological polar surface area (TPSA) is 57.4 Å². The second-order valence-electron chi connectivity index (χ2n) is 4.60. The number of nitrogens with zero attached hydrogens (tertiary/aromatic N) is 1. The van der Waals surface area contributed by atoms with Gasteiger partial charge >= 0.3 is 0 Å². The van der Waals surface area contributed by atoms with Crippen LogP contribution in [-0.2, 0) is 6.42 Å². The molecule has 0 bridgehead atoms. The van der Waals surface area contributed by atoms with Crippen LogP contribution in [0.4, 0.5) is 5.69 Å². The molecule has 0 aliphatic heterocycles. The maximum atomic E-state index is 6.21. The molecule has 0 atom stereocenters. The van der Waals surface area contributed by atoms with Crippen LogP contribution >= 0.6 is 0 Å². The fourth-order valence-electron chi connectivity index (χ4n) is 2.30. The number of nitrogen functional groups attached to an aromatic ring is 1. The van der Waals surface area contributed by atoms with Gasteiger partial charge in [-0.05, 0) is 38.5 Å². The van der Waals surface area contributed by atoms with E-state index in [-0.39, 0.29) is 0 Å². The zero-order valence-electron chi connectivity index (χ0n) is 12.4. The van der Waals surface area contributed by atoms with E-state index in [1.807, 2.05) is 32.0 Å². The minimum Gasteiger partial charge on any atom is -0.493 e. The van der Waals surface area contributed by atoms with Gasteiger partial charge in [0.15, 0.2) is 0 Å². The van der Waals surface area contributed by atoms with E-state index < -0.39 is 0 Å². The molecule has 4 heteroatoms. The quantitative estimate of drug-likeness (QED) is 0.875. The largest absolute Gasteiger partial charge is 0.493 e. The van der Waals surface area contributed by atoms with Crippen LogP contribution in [0, 0.1) is 0 Å². The lowest BCUT2D eigenvalue weighted by Gasteiger charge is -2.14. The lowest BCUT2D eigenvalue weighted by Crippen LogP contribution is -2.02. The summed E-state index contributed by atoms with van der Waals surface area (Å²) in [5.41, 5.74) is 8.69. The fourth-order valence-corrected chi connectivity index (χ4v) is 2.30. The van der Waals surface area contributed by atoms with Crippen LogP contribution in [0.25, 0.3) is 10.9 Å². The third kappa shape index (κ3) is 2.79. The first-order valence-electron chi connectivity index (χ1n) is 7.18. The van der Waals surface area contributed by atoms with Gasteiger partial charge in [0.1, 0.15) is 17.0 Å². The zero-order chi connectivity index (χ0) is 14.5. The van der Waals surface area contributed by atoms with Crippen molar-refractivity contribution >= 4 is 16.6 Å². The molecular formula is C16H22N2O2. The van der Waals surface area contributed by atoms with E-state index in [2.05, 4.69) is 6.92 Å². The summed E-state index contributed by atoms with van der Waals surface area (Å²) in [5.74, 6) is 1.52. The Morgan fingerprint density at radius 2 is 1.70 bits per heavy atom. The number of fused-ring (bicyclic) bond motifs is 1. The molecular weight excluding hydrogens is 252 g/mol. The van der Waals surface area contributed by atoms with Crippen LogP contribution in [-0.4, -0.2) is 18.2 Å². The molecule has 2 N–H and O–H groups in total. The summed E-state index contributed by atoms with van der Waals surface area (Å²) in [7, 11) is 0. The molecule has 0 radical (unpaired) electrons. The summed E-state index contributed by atoms with van der Waals surface area (Å²) in [4.78, 5) is 4.70. The highest BCUT2D eigenvalue weighted by Gasteiger charge is 2.13. The Bertz CT molecular complexity index is 597. The van der Waals surface area contributed by atoms with Gasteiger partial charge in [0.2, 0.25) is 0 Å². The Kier molecular flexibility index (Phi) is 4.66. The molecule has 2 aromatic rings. The summed E-state index contributed by atoms with van der Waals surface area (Å²) in [5, 5.41) is 0.845. The number of anilines is 1. The molecule has 0 fully saturated rings. The average Bonchev–Trinajstić information content (AvgIpc) is 2.42. The smallest absolute Gasteiger partial charge is 0.145 e. The van der Waals surface area contributed by atoms with Crippen LogP contribution < -0.4 is 15.2 Å². The molecule has 0 spiro atoms. The highest BCUT2D eigenvalue weighted by atomic mass is 16.5. The van der Waals surface area contributed by atoms with Gasteiger partial charge < -0.3 is 15.2 Å². The average molecular weight is 274 g/mol. The predicted molar refractivity (Wildman–Crippen MR) is 82.5 cm³/mol. The van der Waals surface area contributed by atoms with E-state index in [0.717, 1.165) is 40.9 Å². The van der Waals surface area contributed by atoms with Crippen molar-refractivity contribution < 1.29 is 9.47 Å². The summed E-state index contributed by atoms with van der Waals surface area (Å²) in [6.07, 6.45) is 1.94. The normalized spacial score (nSPS) is 10.8. The van der Waals surface area contributed by atoms with Crippen molar-refractivity contribution in [2.45, 2.75) is 33.6 Å². The van der Waals surface area contributed by atoms with Gasteiger partial charge in [-0.3, -0.25) is 0 Å². The minimum absolute atomic E-state index is 0.596. The third-order valence-corrected chi connectivity index (χ3v) is 3.07. The Morgan fingerprint density at radius 1 is 1.05 bits per heavy atom.